The number of ether oxygens (including phenoxy) is 1. The molecule has 3 rings (SSSR count). The third kappa shape index (κ3) is 6.47. The number of benzene rings is 2. The van der Waals surface area contributed by atoms with Gasteiger partial charge < -0.3 is 9.64 Å². The van der Waals surface area contributed by atoms with Crippen molar-refractivity contribution >= 4 is 17.7 Å². The molecule has 0 radical (unpaired) electrons. The lowest BCUT2D eigenvalue weighted by molar-refractivity contribution is -0.143. The minimum atomic E-state index is -5.15. The Hall–Kier alpha value is -3.45. The first-order valence-electron chi connectivity index (χ1n) is 12.1. The fraction of sp³-hybridized carbons (Fsp3) is 0.462. The molecule has 2 aromatic carbocycles. The number of anilines is 1. The summed E-state index contributed by atoms with van der Waals surface area (Å²) in [5.41, 5.74) is -5.00. The molecule has 0 bridgehead atoms. The normalized spacial score (nSPS) is 17.9. The van der Waals surface area contributed by atoms with Crippen LogP contribution in [0.5, 0.6) is 0 Å². The number of hydrogen-bond donors (Lipinski definition) is 0. The monoisotopic (exact) mass is 584 g/mol. The molecule has 0 spiro atoms. The first-order chi connectivity index (χ1) is 18.4. The molecule has 0 aromatic heterocycles. The summed E-state index contributed by atoms with van der Waals surface area (Å²) in [6, 6.07) is 1.44. The van der Waals surface area contributed by atoms with Gasteiger partial charge in [0.2, 0.25) is 5.91 Å². The third-order valence-electron chi connectivity index (χ3n) is 6.66. The largest absolute Gasteiger partial charge is 0.453 e. The summed E-state index contributed by atoms with van der Waals surface area (Å²) in [5.74, 6) is -0.413. The standard InChI is InChI=1S/C26H25F9N2O3/c1-4-18-12-21(19-11-15(24(27,28)29)6-7-20(19)37(18)22(38)5-2)36(23(39)40-3)13-14-8-16(25(30,31)32)10-17(9-14)26(33,34)35/h6-11,18,21H,4-5,12-13H2,1-3H3/t18-,21+/m1/s1. The summed E-state index contributed by atoms with van der Waals surface area (Å²) in [6.45, 7) is 2.40. The van der Waals surface area contributed by atoms with Gasteiger partial charge in [-0.2, -0.15) is 39.5 Å². The van der Waals surface area contributed by atoms with Gasteiger partial charge in [0.25, 0.3) is 0 Å². The van der Waals surface area contributed by atoms with Crippen molar-refractivity contribution in [3.63, 3.8) is 0 Å². The van der Waals surface area contributed by atoms with Crippen LogP contribution in [0.1, 0.15) is 67.0 Å². The Labute approximate surface area is 223 Å². The SMILES string of the molecule is CCC(=O)N1c2ccc(C(F)(F)F)cc2[C@@H](N(Cc2cc(C(F)(F)F)cc(C(F)(F)F)c2)C(=O)OC)C[C@H]1CC. The molecule has 5 nitrogen and oxygen atoms in total. The molecule has 1 aliphatic rings. The maximum Gasteiger partial charge on any atom is 0.416 e. The van der Waals surface area contributed by atoms with Gasteiger partial charge in [-0.25, -0.2) is 4.79 Å². The van der Waals surface area contributed by atoms with Crippen molar-refractivity contribution in [3.05, 3.63) is 64.2 Å². The van der Waals surface area contributed by atoms with Gasteiger partial charge in [-0.05, 0) is 60.4 Å². The Balaban J connectivity index is 2.23. The number of alkyl halides is 9. The number of hydrogen-bond acceptors (Lipinski definition) is 3. The molecule has 40 heavy (non-hydrogen) atoms. The second-order valence-corrected chi connectivity index (χ2v) is 9.21. The second kappa shape index (κ2) is 11.2. The summed E-state index contributed by atoms with van der Waals surface area (Å²) in [5, 5.41) is 0. The van der Waals surface area contributed by atoms with Crippen LogP contribution in [-0.2, 0) is 34.6 Å². The van der Waals surface area contributed by atoms with Gasteiger partial charge in [0.1, 0.15) is 0 Å². The number of carbonyl (C=O) groups excluding carboxylic acids is 2. The topological polar surface area (TPSA) is 49.9 Å². The van der Waals surface area contributed by atoms with Crippen molar-refractivity contribution in [1.29, 1.82) is 0 Å². The number of carbonyl (C=O) groups is 2. The molecule has 0 unspecified atom stereocenters. The maximum absolute atomic E-state index is 13.6. The highest BCUT2D eigenvalue weighted by Gasteiger charge is 2.42. The van der Waals surface area contributed by atoms with E-state index in [1.807, 2.05) is 0 Å². The Morgan fingerprint density at radius 3 is 1.88 bits per heavy atom. The molecule has 1 heterocycles. The minimum Gasteiger partial charge on any atom is -0.453 e. The first-order valence-corrected chi connectivity index (χ1v) is 12.1. The zero-order chi connectivity index (χ0) is 30.2. The van der Waals surface area contributed by atoms with Crippen molar-refractivity contribution in [2.24, 2.45) is 0 Å². The van der Waals surface area contributed by atoms with E-state index in [1.54, 1.807) is 13.8 Å². The minimum absolute atomic E-state index is 0.00674. The molecular formula is C26H25F9N2O3. The van der Waals surface area contributed by atoms with E-state index >= 15 is 0 Å². The van der Waals surface area contributed by atoms with Crippen LogP contribution in [0.25, 0.3) is 0 Å². The van der Waals surface area contributed by atoms with E-state index in [0.29, 0.717) is 18.6 Å². The van der Waals surface area contributed by atoms with Crippen LogP contribution >= 0.6 is 0 Å². The van der Waals surface area contributed by atoms with Crippen LogP contribution in [0.2, 0.25) is 0 Å². The summed E-state index contributed by atoms with van der Waals surface area (Å²) < 4.78 is 126. The number of halogens is 9. The van der Waals surface area contributed by atoms with Crippen LogP contribution in [0.15, 0.2) is 36.4 Å². The van der Waals surface area contributed by atoms with Crippen molar-refractivity contribution in [2.45, 2.75) is 70.3 Å². The van der Waals surface area contributed by atoms with E-state index in [9.17, 15) is 49.1 Å². The molecule has 2 atom stereocenters. The van der Waals surface area contributed by atoms with Crippen molar-refractivity contribution in [3.8, 4) is 0 Å². The van der Waals surface area contributed by atoms with E-state index in [2.05, 4.69) is 0 Å². The van der Waals surface area contributed by atoms with Crippen LogP contribution < -0.4 is 4.90 Å². The average molecular weight is 584 g/mol. The highest BCUT2D eigenvalue weighted by atomic mass is 19.4. The lowest BCUT2D eigenvalue weighted by Crippen LogP contribution is -2.48. The van der Waals surface area contributed by atoms with Gasteiger partial charge in [-0.3, -0.25) is 9.69 Å². The summed E-state index contributed by atoms with van der Waals surface area (Å²) in [7, 11) is 0.919. The second-order valence-electron chi connectivity index (χ2n) is 9.21. The fourth-order valence-electron chi connectivity index (χ4n) is 4.78. The van der Waals surface area contributed by atoms with Crippen LogP contribution in [0.3, 0.4) is 0 Å². The molecule has 220 valence electrons. The van der Waals surface area contributed by atoms with Crippen molar-refractivity contribution in [1.82, 2.24) is 4.90 Å². The quantitative estimate of drug-likeness (QED) is 0.335. The highest BCUT2D eigenvalue weighted by molar-refractivity contribution is 5.95. The summed E-state index contributed by atoms with van der Waals surface area (Å²) in [6.07, 6.45) is -16.2. The average Bonchev–Trinajstić information content (AvgIpc) is 2.87. The molecular weight excluding hydrogens is 559 g/mol. The molecule has 2 amide bonds. The molecule has 0 aliphatic carbocycles. The number of amides is 2. The Kier molecular flexibility index (Phi) is 8.70. The van der Waals surface area contributed by atoms with Gasteiger partial charge in [0, 0.05) is 24.7 Å². The van der Waals surface area contributed by atoms with Crippen LogP contribution in [-0.4, -0.2) is 30.1 Å². The van der Waals surface area contributed by atoms with Gasteiger partial charge >= 0.3 is 24.6 Å². The van der Waals surface area contributed by atoms with Gasteiger partial charge in [-0.15, -0.1) is 0 Å². The summed E-state index contributed by atoms with van der Waals surface area (Å²) in [4.78, 5) is 27.8. The lowest BCUT2D eigenvalue weighted by atomic mass is 9.87. The van der Waals surface area contributed by atoms with E-state index in [1.165, 1.54) is 4.90 Å². The Morgan fingerprint density at radius 2 is 1.43 bits per heavy atom. The molecule has 0 saturated carbocycles. The zero-order valence-corrected chi connectivity index (χ0v) is 21.5. The molecule has 0 fully saturated rings. The van der Waals surface area contributed by atoms with Gasteiger partial charge in [0.05, 0.1) is 29.8 Å². The number of methoxy groups -OCH3 is 1. The predicted molar refractivity (Wildman–Crippen MR) is 125 cm³/mol. The smallest absolute Gasteiger partial charge is 0.416 e. The molecule has 0 saturated heterocycles. The summed E-state index contributed by atoms with van der Waals surface area (Å²) >= 11 is 0. The molecule has 14 heteroatoms. The van der Waals surface area contributed by atoms with E-state index in [0.717, 1.165) is 30.2 Å². The van der Waals surface area contributed by atoms with Crippen molar-refractivity contribution in [2.75, 3.05) is 12.0 Å². The number of rotatable bonds is 5. The van der Waals surface area contributed by atoms with E-state index in [-0.39, 0.29) is 30.2 Å². The fourth-order valence-corrected chi connectivity index (χ4v) is 4.78. The lowest BCUT2D eigenvalue weighted by Gasteiger charge is -2.44. The Bertz CT molecular complexity index is 1220. The molecule has 1 aliphatic heterocycles. The third-order valence-corrected chi connectivity index (χ3v) is 6.66. The van der Waals surface area contributed by atoms with Crippen LogP contribution in [0, 0.1) is 0 Å². The highest BCUT2D eigenvalue weighted by Crippen LogP contribution is 2.45. The van der Waals surface area contributed by atoms with Gasteiger partial charge in [-0.1, -0.05) is 13.8 Å². The number of fused-ring (bicyclic) bond motifs is 1. The molecule has 2 aromatic rings. The van der Waals surface area contributed by atoms with Gasteiger partial charge in [0.15, 0.2) is 0 Å². The van der Waals surface area contributed by atoms with Crippen molar-refractivity contribution < 1.29 is 53.8 Å². The number of nitrogens with zero attached hydrogens (tertiary/aromatic N) is 2. The zero-order valence-electron chi connectivity index (χ0n) is 21.5. The predicted octanol–water partition coefficient (Wildman–Crippen LogP) is 7.98. The maximum atomic E-state index is 13.6. The first kappa shape index (κ1) is 31.1. The van der Waals surface area contributed by atoms with E-state index < -0.39 is 71.4 Å². The van der Waals surface area contributed by atoms with E-state index in [4.69, 9.17) is 4.74 Å². The Morgan fingerprint density at radius 1 is 0.875 bits per heavy atom. The van der Waals surface area contributed by atoms with Crippen LogP contribution in [0.4, 0.5) is 50.0 Å². The molecule has 0 N–H and O–H groups in total.